The van der Waals surface area contributed by atoms with E-state index < -0.39 is 0 Å². The Hall–Kier alpha value is -0.390. The quantitative estimate of drug-likeness (QED) is 0.764. The molecule has 0 aromatic carbocycles. The molecular weight excluding hydrogens is 352 g/mol. The van der Waals surface area contributed by atoms with Crippen molar-refractivity contribution in [3.63, 3.8) is 0 Å². The summed E-state index contributed by atoms with van der Waals surface area (Å²) in [5.74, 6) is 0.835. The lowest BCUT2D eigenvalue weighted by Crippen LogP contribution is -1.86. The van der Waals surface area contributed by atoms with Crippen LogP contribution in [-0.4, -0.2) is 9.97 Å². The molecule has 0 aliphatic carbocycles. The predicted molar refractivity (Wildman–Crippen MR) is 73.4 cm³/mol. The summed E-state index contributed by atoms with van der Waals surface area (Å²) in [4.78, 5) is 8.60. The van der Waals surface area contributed by atoms with E-state index >= 15 is 0 Å². The first-order valence-corrected chi connectivity index (χ1v) is 7.16. The lowest BCUT2D eigenvalue weighted by atomic mass is 10.4. The Bertz CT molecular complexity index is 411. The standard InChI is InChI=1S/C11H8Br2N2S/c12-8-1-3-10(14-5-8)7-16-11-4-2-9(13)6-15-11/h1-6H,7H2. The van der Waals surface area contributed by atoms with Gasteiger partial charge in [0.05, 0.1) is 10.7 Å². The van der Waals surface area contributed by atoms with Crippen molar-refractivity contribution in [3.8, 4) is 0 Å². The summed E-state index contributed by atoms with van der Waals surface area (Å²) in [6.45, 7) is 0. The Labute approximate surface area is 115 Å². The molecule has 0 saturated carbocycles. The zero-order valence-electron chi connectivity index (χ0n) is 8.23. The van der Waals surface area contributed by atoms with E-state index in [1.807, 2.05) is 30.5 Å². The van der Waals surface area contributed by atoms with E-state index in [9.17, 15) is 0 Å². The van der Waals surface area contributed by atoms with Crippen LogP contribution in [-0.2, 0) is 5.75 Å². The third-order valence-electron chi connectivity index (χ3n) is 1.86. The van der Waals surface area contributed by atoms with Gasteiger partial charge in [-0.15, -0.1) is 11.8 Å². The van der Waals surface area contributed by atoms with Crippen molar-refractivity contribution in [2.24, 2.45) is 0 Å². The highest BCUT2D eigenvalue weighted by molar-refractivity contribution is 9.10. The van der Waals surface area contributed by atoms with E-state index in [0.717, 1.165) is 25.4 Å². The molecule has 0 unspecified atom stereocenters. The van der Waals surface area contributed by atoms with Gasteiger partial charge in [-0.1, -0.05) is 0 Å². The minimum Gasteiger partial charge on any atom is -0.259 e. The summed E-state index contributed by atoms with van der Waals surface area (Å²) < 4.78 is 2.00. The highest BCUT2D eigenvalue weighted by Crippen LogP contribution is 2.21. The maximum Gasteiger partial charge on any atom is 0.0964 e. The van der Waals surface area contributed by atoms with Gasteiger partial charge in [-0.3, -0.25) is 4.98 Å². The molecule has 0 bridgehead atoms. The van der Waals surface area contributed by atoms with Crippen molar-refractivity contribution in [3.05, 3.63) is 51.3 Å². The number of thioether (sulfide) groups is 1. The van der Waals surface area contributed by atoms with Gasteiger partial charge in [0.2, 0.25) is 0 Å². The number of aromatic nitrogens is 2. The molecule has 0 saturated heterocycles. The summed E-state index contributed by atoms with van der Waals surface area (Å²) in [6, 6.07) is 7.99. The first-order chi connectivity index (χ1) is 7.74. The molecule has 2 aromatic rings. The Morgan fingerprint density at radius 3 is 2.19 bits per heavy atom. The maximum atomic E-state index is 4.31. The third kappa shape index (κ3) is 3.57. The van der Waals surface area contributed by atoms with Crippen molar-refractivity contribution >= 4 is 43.6 Å². The molecule has 5 heteroatoms. The first kappa shape index (κ1) is 12.1. The zero-order valence-corrected chi connectivity index (χ0v) is 12.2. The Morgan fingerprint density at radius 2 is 1.62 bits per heavy atom. The Balaban J connectivity index is 1.97. The first-order valence-electron chi connectivity index (χ1n) is 4.59. The van der Waals surface area contributed by atoms with Gasteiger partial charge >= 0.3 is 0 Å². The summed E-state index contributed by atoms with van der Waals surface area (Å²) in [5, 5.41) is 1.01. The van der Waals surface area contributed by atoms with Crippen LogP contribution in [0.5, 0.6) is 0 Å². The minimum atomic E-state index is 0.835. The zero-order chi connectivity index (χ0) is 11.4. The van der Waals surface area contributed by atoms with Crippen LogP contribution in [0.4, 0.5) is 0 Å². The van der Waals surface area contributed by atoms with E-state index in [1.54, 1.807) is 18.0 Å². The molecule has 0 N–H and O–H groups in total. The fourth-order valence-electron chi connectivity index (χ4n) is 1.09. The lowest BCUT2D eigenvalue weighted by molar-refractivity contribution is 1.11. The second-order valence-corrected chi connectivity index (χ2v) is 5.90. The van der Waals surface area contributed by atoms with Crippen LogP contribution in [0.1, 0.15) is 5.69 Å². The average Bonchev–Trinajstić information content (AvgIpc) is 2.30. The Kier molecular flexibility index (Phi) is 4.37. The van der Waals surface area contributed by atoms with Crippen LogP contribution < -0.4 is 0 Å². The molecular formula is C11H8Br2N2S. The summed E-state index contributed by atoms with van der Waals surface area (Å²) >= 11 is 8.40. The molecule has 0 radical (unpaired) electrons. The number of rotatable bonds is 3. The highest BCUT2D eigenvalue weighted by atomic mass is 79.9. The van der Waals surface area contributed by atoms with Crippen LogP contribution in [0.25, 0.3) is 0 Å². The predicted octanol–water partition coefficient (Wildman–Crippen LogP) is 4.29. The second kappa shape index (κ2) is 5.80. The summed E-state index contributed by atoms with van der Waals surface area (Å²) in [7, 11) is 0. The molecule has 0 atom stereocenters. The number of halogens is 2. The van der Waals surface area contributed by atoms with E-state index in [2.05, 4.69) is 41.8 Å². The summed E-state index contributed by atoms with van der Waals surface area (Å²) in [6.07, 6.45) is 3.61. The van der Waals surface area contributed by atoms with Crippen molar-refractivity contribution in [2.45, 2.75) is 10.8 Å². The normalized spacial score (nSPS) is 10.4. The SMILES string of the molecule is Brc1ccc(CSc2ccc(Br)cn2)nc1. The van der Waals surface area contributed by atoms with Crippen LogP contribution in [0.3, 0.4) is 0 Å². The van der Waals surface area contributed by atoms with Crippen LogP contribution >= 0.6 is 43.6 Å². The number of hydrogen-bond donors (Lipinski definition) is 0. The maximum absolute atomic E-state index is 4.31. The van der Waals surface area contributed by atoms with E-state index in [0.29, 0.717) is 0 Å². The average molecular weight is 360 g/mol. The Morgan fingerprint density at radius 1 is 0.938 bits per heavy atom. The van der Waals surface area contributed by atoms with Gasteiger partial charge in [0.1, 0.15) is 0 Å². The topological polar surface area (TPSA) is 25.8 Å². The molecule has 0 fully saturated rings. The monoisotopic (exact) mass is 358 g/mol. The van der Waals surface area contributed by atoms with Gasteiger partial charge in [-0.2, -0.15) is 0 Å². The number of hydrogen-bond acceptors (Lipinski definition) is 3. The van der Waals surface area contributed by atoms with Crippen molar-refractivity contribution in [1.82, 2.24) is 9.97 Å². The second-order valence-electron chi connectivity index (χ2n) is 3.07. The molecule has 0 amide bonds. The van der Waals surface area contributed by atoms with Gasteiger partial charge in [0.25, 0.3) is 0 Å². The molecule has 0 aliphatic rings. The third-order valence-corrected chi connectivity index (χ3v) is 3.77. The van der Waals surface area contributed by atoms with E-state index in [1.165, 1.54) is 0 Å². The van der Waals surface area contributed by atoms with Gasteiger partial charge < -0.3 is 0 Å². The van der Waals surface area contributed by atoms with Gasteiger partial charge in [0.15, 0.2) is 0 Å². The molecule has 2 nitrogen and oxygen atoms in total. The molecule has 2 heterocycles. The highest BCUT2D eigenvalue weighted by Gasteiger charge is 1.98. The fraction of sp³-hybridized carbons (Fsp3) is 0.0909. The largest absolute Gasteiger partial charge is 0.259 e. The smallest absolute Gasteiger partial charge is 0.0964 e. The van der Waals surface area contributed by atoms with E-state index in [-0.39, 0.29) is 0 Å². The fourth-order valence-corrected chi connectivity index (χ4v) is 2.31. The number of pyridine rings is 2. The molecule has 82 valence electrons. The van der Waals surface area contributed by atoms with Gasteiger partial charge in [-0.05, 0) is 56.1 Å². The van der Waals surface area contributed by atoms with Crippen molar-refractivity contribution in [1.29, 1.82) is 0 Å². The molecule has 0 spiro atoms. The molecule has 16 heavy (non-hydrogen) atoms. The lowest BCUT2D eigenvalue weighted by Gasteiger charge is -2.00. The van der Waals surface area contributed by atoms with Gasteiger partial charge in [-0.25, -0.2) is 4.98 Å². The van der Waals surface area contributed by atoms with Crippen molar-refractivity contribution in [2.75, 3.05) is 0 Å². The molecule has 2 aromatic heterocycles. The van der Waals surface area contributed by atoms with Crippen LogP contribution in [0.15, 0.2) is 50.6 Å². The minimum absolute atomic E-state index is 0.835. The van der Waals surface area contributed by atoms with Crippen LogP contribution in [0, 0.1) is 0 Å². The van der Waals surface area contributed by atoms with Crippen molar-refractivity contribution < 1.29 is 0 Å². The number of nitrogens with zero attached hydrogens (tertiary/aromatic N) is 2. The molecule has 2 rings (SSSR count). The molecule has 0 aliphatic heterocycles. The summed E-state index contributed by atoms with van der Waals surface area (Å²) in [5.41, 5.74) is 1.05. The van der Waals surface area contributed by atoms with Gasteiger partial charge in [0, 0.05) is 27.1 Å². The van der Waals surface area contributed by atoms with Crippen LogP contribution in [0.2, 0.25) is 0 Å². The van der Waals surface area contributed by atoms with E-state index in [4.69, 9.17) is 0 Å².